The molecular weight excluding hydrogens is 342 g/mol. The maximum atomic E-state index is 12.9. The third kappa shape index (κ3) is 3.65. The van der Waals surface area contributed by atoms with Crippen molar-refractivity contribution in [2.45, 2.75) is 17.7 Å². The summed E-state index contributed by atoms with van der Waals surface area (Å²) in [7, 11) is -0.179. The summed E-state index contributed by atoms with van der Waals surface area (Å²) >= 11 is 0. The van der Waals surface area contributed by atoms with Crippen molar-refractivity contribution in [1.82, 2.24) is 14.1 Å². The maximum Gasteiger partial charge on any atom is 0.253 e. The summed E-state index contributed by atoms with van der Waals surface area (Å²) in [4.78, 5) is 16.8. The fraction of sp³-hybridized carbons (Fsp3) is 0.588. The minimum atomic E-state index is -3.65. The summed E-state index contributed by atoms with van der Waals surface area (Å²) < 4.78 is 32.6. The Labute approximate surface area is 149 Å². The molecule has 0 bridgehead atoms. The number of piperazine rings is 1. The lowest BCUT2D eigenvalue weighted by molar-refractivity contribution is 0.0664. The minimum Gasteiger partial charge on any atom is -0.495 e. The molecule has 2 aliphatic heterocycles. The van der Waals surface area contributed by atoms with E-state index in [0.717, 1.165) is 25.9 Å². The Kier molecular flexibility index (Phi) is 5.31. The van der Waals surface area contributed by atoms with Crippen LogP contribution in [0.2, 0.25) is 0 Å². The lowest BCUT2D eigenvalue weighted by Gasteiger charge is -2.32. The fourth-order valence-electron chi connectivity index (χ4n) is 3.27. The van der Waals surface area contributed by atoms with Crippen LogP contribution in [0.25, 0.3) is 0 Å². The van der Waals surface area contributed by atoms with Crippen molar-refractivity contribution in [3.8, 4) is 5.75 Å². The van der Waals surface area contributed by atoms with E-state index in [0.29, 0.717) is 31.7 Å². The lowest BCUT2D eigenvalue weighted by Crippen LogP contribution is -2.47. The van der Waals surface area contributed by atoms with Crippen molar-refractivity contribution in [1.29, 1.82) is 0 Å². The van der Waals surface area contributed by atoms with Gasteiger partial charge in [0.05, 0.1) is 7.11 Å². The molecule has 1 aromatic carbocycles. The molecule has 8 heteroatoms. The third-order valence-corrected chi connectivity index (χ3v) is 6.80. The molecular formula is C17H25N3O4S. The molecule has 0 atom stereocenters. The van der Waals surface area contributed by atoms with Gasteiger partial charge in [-0.3, -0.25) is 4.79 Å². The summed E-state index contributed by atoms with van der Waals surface area (Å²) in [5.41, 5.74) is 0.392. The van der Waals surface area contributed by atoms with Crippen LogP contribution in [-0.2, 0) is 10.0 Å². The van der Waals surface area contributed by atoms with E-state index >= 15 is 0 Å². The summed E-state index contributed by atoms with van der Waals surface area (Å²) in [6, 6.07) is 4.68. The van der Waals surface area contributed by atoms with Gasteiger partial charge in [-0.1, -0.05) is 0 Å². The molecule has 0 radical (unpaired) electrons. The van der Waals surface area contributed by atoms with Crippen molar-refractivity contribution in [2.75, 3.05) is 53.4 Å². The second-order valence-corrected chi connectivity index (χ2v) is 8.48. The SMILES string of the molecule is COc1ccc(C(=O)N2CCN(C)CC2)cc1S(=O)(=O)N1CCCC1. The number of likely N-dealkylation sites (N-methyl/N-ethyl adjacent to an activating group) is 1. The molecule has 3 rings (SSSR count). The molecule has 2 heterocycles. The Morgan fingerprint density at radius 2 is 1.68 bits per heavy atom. The quantitative estimate of drug-likeness (QED) is 0.790. The molecule has 7 nitrogen and oxygen atoms in total. The largest absolute Gasteiger partial charge is 0.495 e. The molecule has 0 aliphatic carbocycles. The van der Waals surface area contributed by atoms with E-state index in [1.54, 1.807) is 17.0 Å². The van der Waals surface area contributed by atoms with Gasteiger partial charge < -0.3 is 14.5 Å². The molecule has 25 heavy (non-hydrogen) atoms. The first-order valence-corrected chi connectivity index (χ1v) is 10.0. The molecule has 2 aliphatic rings. The molecule has 1 aromatic rings. The van der Waals surface area contributed by atoms with Gasteiger partial charge in [-0.05, 0) is 38.1 Å². The molecule has 1 amide bonds. The van der Waals surface area contributed by atoms with Crippen LogP contribution in [0.15, 0.2) is 23.1 Å². The summed E-state index contributed by atoms with van der Waals surface area (Å²) in [6.45, 7) is 3.97. The number of hydrogen-bond acceptors (Lipinski definition) is 5. The second kappa shape index (κ2) is 7.31. The highest BCUT2D eigenvalue weighted by Gasteiger charge is 2.31. The highest BCUT2D eigenvalue weighted by Crippen LogP contribution is 2.30. The van der Waals surface area contributed by atoms with Crippen LogP contribution in [-0.4, -0.2) is 81.9 Å². The Balaban J connectivity index is 1.91. The van der Waals surface area contributed by atoms with Crippen LogP contribution < -0.4 is 4.74 Å². The van der Waals surface area contributed by atoms with Gasteiger partial charge in [0.25, 0.3) is 5.91 Å². The molecule has 0 saturated carbocycles. The van der Waals surface area contributed by atoms with Crippen molar-refractivity contribution in [3.05, 3.63) is 23.8 Å². The van der Waals surface area contributed by atoms with Gasteiger partial charge in [0, 0.05) is 44.8 Å². The zero-order valence-corrected chi connectivity index (χ0v) is 15.6. The van der Waals surface area contributed by atoms with E-state index in [4.69, 9.17) is 4.74 Å². The molecule has 0 unspecified atom stereocenters. The number of amides is 1. The predicted molar refractivity (Wildman–Crippen MR) is 94.4 cm³/mol. The standard InChI is InChI=1S/C17H25N3O4S/c1-18-9-11-19(12-10-18)17(21)14-5-6-15(24-2)16(13-14)25(22,23)20-7-3-4-8-20/h5-6,13H,3-4,7-12H2,1-2H3. The Morgan fingerprint density at radius 1 is 1.04 bits per heavy atom. The Morgan fingerprint density at radius 3 is 2.28 bits per heavy atom. The van der Waals surface area contributed by atoms with Gasteiger partial charge in [-0.25, -0.2) is 8.42 Å². The number of methoxy groups -OCH3 is 1. The molecule has 0 N–H and O–H groups in total. The normalized spacial score (nSPS) is 20.0. The zero-order valence-electron chi connectivity index (χ0n) is 14.8. The number of rotatable bonds is 4. The first-order valence-electron chi connectivity index (χ1n) is 8.59. The van der Waals surface area contributed by atoms with Crippen LogP contribution in [0.5, 0.6) is 5.75 Å². The number of nitrogens with zero attached hydrogens (tertiary/aromatic N) is 3. The highest BCUT2D eigenvalue weighted by atomic mass is 32.2. The number of carbonyl (C=O) groups is 1. The van der Waals surface area contributed by atoms with E-state index in [9.17, 15) is 13.2 Å². The van der Waals surface area contributed by atoms with Gasteiger partial charge in [0.1, 0.15) is 10.6 Å². The Hall–Kier alpha value is -1.64. The second-order valence-electron chi connectivity index (χ2n) is 6.57. The van der Waals surface area contributed by atoms with Gasteiger partial charge in [0.15, 0.2) is 0 Å². The number of hydrogen-bond donors (Lipinski definition) is 0. The lowest BCUT2D eigenvalue weighted by atomic mass is 10.1. The molecule has 2 fully saturated rings. The van der Waals surface area contributed by atoms with Gasteiger partial charge >= 0.3 is 0 Å². The molecule has 0 aromatic heterocycles. The smallest absolute Gasteiger partial charge is 0.253 e. The van der Waals surface area contributed by atoms with Crippen LogP contribution >= 0.6 is 0 Å². The van der Waals surface area contributed by atoms with Crippen LogP contribution in [0.4, 0.5) is 0 Å². The average molecular weight is 367 g/mol. The number of sulfonamides is 1. The zero-order chi connectivity index (χ0) is 18.0. The summed E-state index contributed by atoms with van der Waals surface area (Å²) in [6.07, 6.45) is 1.73. The average Bonchev–Trinajstić information content (AvgIpc) is 3.17. The van der Waals surface area contributed by atoms with Crippen LogP contribution in [0.1, 0.15) is 23.2 Å². The van der Waals surface area contributed by atoms with Gasteiger partial charge in [0.2, 0.25) is 10.0 Å². The molecule has 138 valence electrons. The van der Waals surface area contributed by atoms with Crippen molar-refractivity contribution in [3.63, 3.8) is 0 Å². The van der Waals surface area contributed by atoms with E-state index in [2.05, 4.69) is 4.90 Å². The molecule has 2 saturated heterocycles. The molecule has 0 spiro atoms. The number of ether oxygens (including phenoxy) is 1. The van der Waals surface area contributed by atoms with E-state index in [1.807, 2.05) is 7.05 Å². The number of carbonyl (C=O) groups excluding carboxylic acids is 1. The maximum absolute atomic E-state index is 12.9. The van der Waals surface area contributed by atoms with E-state index in [-0.39, 0.29) is 16.6 Å². The van der Waals surface area contributed by atoms with Crippen molar-refractivity contribution < 1.29 is 17.9 Å². The first kappa shape index (κ1) is 18.2. The van der Waals surface area contributed by atoms with E-state index in [1.165, 1.54) is 17.5 Å². The van der Waals surface area contributed by atoms with Crippen molar-refractivity contribution >= 4 is 15.9 Å². The summed E-state index contributed by atoms with van der Waals surface area (Å²) in [5.74, 6) is 0.149. The van der Waals surface area contributed by atoms with Crippen molar-refractivity contribution in [2.24, 2.45) is 0 Å². The predicted octanol–water partition coefficient (Wildman–Crippen LogP) is 0.867. The highest BCUT2D eigenvalue weighted by molar-refractivity contribution is 7.89. The number of benzene rings is 1. The topological polar surface area (TPSA) is 70.2 Å². The van der Waals surface area contributed by atoms with Crippen LogP contribution in [0.3, 0.4) is 0 Å². The van der Waals surface area contributed by atoms with Crippen LogP contribution in [0, 0.1) is 0 Å². The minimum absolute atomic E-state index is 0.0804. The van der Waals surface area contributed by atoms with Gasteiger partial charge in [-0.2, -0.15) is 4.31 Å². The monoisotopic (exact) mass is 367 g/mol. The van der Waals surface area contributed by atoms with Gasteiger partial charge in [-0.15, -0.1) is 0 Å². The van der Waals surface area contributed by atoms with E-state index < -0.39 is 10.0 Å². The summed E-state index contributed by atoms with van der Waals surface area (Å²) in [5, 5.41) is 0. The fourth-order valence-corrected chi connectivity index (χ4v) is 4.97. The Bertz CT molecular complexity index is 736. The third-order valence-electron chi connectivity index (χ3n) is 4.88. The first-order chi connectivity index (χ1) is 11.9.